The molecule has 172 valence electrons. The van der Waals surface area contributed by atoms with Gasteiger partial charge in [0.05, 0.1) is 16.9 Å². The number of hydrazone groups is 1. The summed E-state index contributed by atoms with van der Waals surface area (Å²) in [6.45, 7) is 8.24. The van der Waals surface area contributed by atoms with E-state index in [9.17, 15) is 14.9 Å². The molecule has 0 bridgehead atoms. The molecule has 33 heavy (non-hydrogen) atoms. The molecule has 0 aliphatic carbocycles. The van der Waals surface area contributed by atoms with Crippen LogP contribution in [0.4, 0.5) is 5.69 Å². The van der Waals surface area contributed by atoms with Crippen molar-refractivity contribution in [2.75, 3.05) is 5.75 Å². The second-order valence-corrected chi connectivity index (χ2v) is 9.51. The molecule has 2 aromatic carbocycles. The summed E-state index contributed by atoms with van der Waals surface area (Å²) < 4.78 is 3.13. The van der Waals surface area contributed by atoms with Gasteiger partial charge in [-0.3, -0.25) is 14.9 Å². The van der Waals surface area contributed by atoms with Crippen LogP contribution in [0.15, 0.2) is 52.0 Å². The Labute approximate surface area is 205 Å². The number of amides is 1. The van der Waals surface area contributed by atoms with Crippen LogP contribution in [-0.4, -0.2) is 27.4 Å². The van der Waals surface area contributed by atoms with E-state index in [-0.39, 0.29) is 17.3 Å². The van der Waals surface area contributed by atoms with Crippen LogP contribution in [0.2, 0.25) is 0 Å². The molecule has 0 saturated carbocycles. The lowest BCUT2D eigenvalue weighted by molar-refractivity contribution is -0.384. The number of rotatable bonds is 8. The van der Waals surface area contributed by atoms with Crippen LogP contribution in [0, 0.1) is 37.8 Å². The van der Waals surface area contributed by atoms with E-state index in [2.05, 4.69) is 63.1 Å². The number of nitrogens with zero attached hydrogens (tertiary/aromatic N) is 3. The van der Waals surface area contributed by atoms with Gasteiger partial charge >= 0.3 is 0 Å². The Morgan fingerprint density at radius 3 is 2.52 bits per heavy atom. The average Bonchev–Trinajstić information content (AvgIpc) is 2.99. The number of nitro groups is 1. The van der Waals surface area contributed by atoms with E-state index in [4.69, 9.17) is 0 Å². The minimum absolute atomic E-state index is 0.0545. The number of hydrogen-bond acceptors (Lipinski definition) is 5. The largest absolute Gasteiger partial charge is 0.316 e. The standard InChI is InChI=1S/C24H25BrN4O3S/c1-15-5-6-16(2)22(11-15)28-17(3)21(24(25)18(28)4)12-26-27-23(30)14-33-13-19-7-9-20(10-8-19)29(31)32/h5-12H,13-14H2,1-4H3,(H,27,30)/b26-12-. The second kappa shape index (κ2) is 10.8. The van der Waals surface area contributed by atoms with E-state index in [1.54, 1.807) is 18.3 Å². The number of aryl methyl sites for hydroxylation is 2. The Morgan fingerprint density at radius 2 is 1.85 bits per heavy atom. The topological polar surface area (TPSA) is 89.5 Å². The predicted octanol–water partition coefficient (Wildman–Crippen LogP) is 5.77. The molecule has 1 heterocycles. The van der Waals surface area contributed by atoms with Gasteiger partial charge in [0, 0.05) is 45.0 Å². The number of nitrogens with one attached hydrogen (secondary N) is 1. The maximum atomic E-state index is 12.2. The highest BCUT2D eigenvalue weighted by Gasteiger charge is 2.17. The van der Waals surface area contributed by atoms with Crippen LogP contribution in [0.25, 0.3) is 5.69 Å². The van der Waals surface area contributed by atoms with E-state index < -0.39 is 4.92 Å². The predicted molar refractivity (Wildman–Crippen MR) is 137 cm³/mol. The minimum Gasteiger partial charge on any atom is -0.316 e. The molecule has 0 atom stereocenters. The van der Waals surface area contributed by atoms with Gasteiger partial charge in [-0.2, -0.15) is 5.10 Å². The third-order valence-corrected chi connectivity index (χ3v) is 7.26. The van der Waals surface area contributed by atoms with Crippen LogP contribution < -0.4 is 5.43 Å². The molecule has 0 spiro atoms. The molecule has 0 fully saturated rings. The molecule has 0 aliphatic heterocycles. The van der Waals surface area contributed by atoms with E-state index in [1.165, 1.54) is 35.0 Å². The molecule has 3 rings (SSSR count). The number of benzene rings is 2. The number of aromatic nitrogens is 1. The van der Waals surface area contributed by atoms with Crippen molar-refractivity contribution in [2.45, 2.75) is 33.4 Å². The SMILES string of the molecule is Cc1ccc(C)c(-n2c(C)c(Br)c(/C=N\NC(=O)CSCc3ccc([N+](=O)[O-])cc3)c2C)c1. The fraction of sp³-hybridized carbons (Fsp3) is 0.250. The zero-order valence-electron chi connectivity index (χ0n) is 18.9. The van der Waals surface area contributed by atoms with Crippen LogP contribution in [0.1, 0.15) is 33.6 Å². The summed E-state index contributed by atoms with van der Waals surface area (Å²) in [4.78, 5) is 22.4. The van der Waals surface area contributed by atoms with Crippen LogP contribution in [0.3, 0.4) is 0 Å². The lowest BCUT2D eigenvalue weighted by Crippen LogP contribution is -2.19. The van der Waals surface area contributed by atoms with Crippen LogP contribution >= 0.6 is 27.7 Å². The molecule has 0 unspecified atom stereocenters. The first kappa shape index (κ1) is 24.7. The Morgan fingerprint density at radius 1 is 1.15 bits per heavy atom. The smallest absolute Gasteiger partial charge is 0.269 e. The third kappa shape index (κ3) is 5.91. The maximum absolute atomic E-state index is 12.2. The fourth-order valence-corrected chi connectivity index (χ4v) is 4.82. The number of thioether (sulfide) groups is 1. The highest BCUT2D eigenvalue weighted by atomic mass is 79.9. The zero-order valence-corrected chi connectivity index (χ0v) is 21.3. The quantitative estimate of drug-likeness (QED) is 0.228. The number of nitro benzene ring substituents is 1. The van der Waals surface area contributed by atoms with Gasteiger partial charge in [-0.25, -0.2) is 5.43 Å². The van der Waals surface area contributed by atoms with Gasteiger partial charge in [-0.1, -0.05) is 24.3 Å². The van der Waals surface area contributed by atoms with Gasteiger partial charge in [-0.05, 0) is 66.4 Å². The molecule has 3 aromatic rings. The summed E-state index contributed by atoms with van der Waals surface area (Å²) in [6, 6.07) is 12.7. The highest BCUT2D eigenvalue weighted by molar-refractivity contribution is 9.10. The molecule has 7 nitrogen and oxygen atoms in total. The van der Waals surface area contributed by atoms with Crippen molar-refractivity contribution in [3.05, 3.63) is 90.7 Å². The molecule has 0 aliphatic rings. The first-order valence-corrected chi connectivity index (χ1v) is 12.2. The number of non-ortho nitro benzene ring substituents is 1. The van der Waals surface area contributed by atoms with Crippen LogP contribution in [0.5, 0.6) is 0 Å². The number of carbonyl (C=O) groups excluding carboxylic acids is 1. The summed E-state index contributed by atoms with van der Waals surface area (Å²) in [7, 11) is 0. The summed E-state index contributed by atoms with van der Waals surface area (Å²) >= 11 is 5.09. The maximum Gasteiger partial charge on any atom is 0.269 e. The van der Waals surface area contributed by atoms with Gasteiger partial charge in [0.25, 0.3) is 5.69 Å². The van der Waals surface area contributed by atoms with Gasteiger partial charge in [0.15, 0.2) is 0 Å². The first-order valence-electron chi connectivity index (χ1n) is 10.3. The molecule has 1 amide bonds. The molecular weight excluding hydrogens is 504 g/mol. The Hall–Kier alpha value is -2.91. The van der Waals surface area contributed by atoms with E-state index in [0.717, 1.165) is 32.7 Å². The van der Waals surface area contributed by atoms with Crippen molar-refractivity contribution in [2.24, 2.45) is 5.10 Å². The van der Waals surface area contributed by atoms with Crippen LogP contribution in [-0.2, 0) is 10.5 Å². The molecule has 1 aromatic heterocycles. The summed E-state index contributed by atoms with van der Waals surface area (Å²) in [5.74, 6) is 0.604. The van der Waals surface area contributed by atoms with E-state index in [0.29, 0.717) is 5.75 Å². The molecule has 9 heteroatoms. The monoisotopic (exact) mass is 528 g/mol. The van der Waals surface area contributed by atoms with E-state index in [1.807, 2.05) is 13.8 Å². The van der Waals surface area contributed by atoms with Crippen molar-refractivity contribution >= 4 is 45.5 Å². The molecule has 0 saturated heterocycles. The second-order valence-electron chi connectivity index (χ2n) is 7.73. The number of carbonyl (C=O) groups is 1. The number of halogens is 1. The highest BCUT2D eigenvalue weighted by Crippen LogP contribution is 2.31. The van der Waals surface area contributed by atoms with E-state index >= 15 is 0 Å². The molecular formula is C24H25BrN4O3S. The van der Waals surface area contributed by atoms with Crippen molar-refractivity contribution in [3.8, 4) is 5.69 Å². The Balaban J connectivity index is 1.61. The zero-order chi connectivity index (χ0) is 24.1. The Bertz CT molecular complexity index is 1220. The summed E-state index contributed by atoms with van der Waals surface area (Å²) in [6.07, 6.45) is 1.66. The average molecular weight is 529 g/mol. The van der Waals surface area contributed by atoms with Crippen molar-refractivity contribution in [1.82, 2.24) is 9.99 Å². The van der Waals surface area contributed by atoms with Gasteiger partial charge in [0.1, 0.15) is 0 Å². The lowest BCUT2D eigenvalue weighted by atomic mass is 10.1. The normalized spacial score (nSPS) is 11.2. The third-order valence-electron chi connectivity index (χ3n) is 5.25. The molecule has 1 N–H and O–H groups in total. The lowest BCUT2D eigenvalue weighted by Gasteiger charge is -2.13. The Kier molecular flexibility index (Phi) is 8.10. The van der Waals surface area contributed by atoms with Gasteiger partial charge < -0.3 is 4.57 Å². The van der Waals surface area contributed by atoms with Gasteiger partial charge in [-0.15, -0.1) is 11.8 Å². The van der Waals surface area contributed by atoms with Crippen molar-refractivity contribution in [3.63, 3.8) is 0 Å². The number of hydrogen-bond donors (Lipinski definition) is 1. The first-order chi connectivity index (χ1) is 15.7. The summed E-state index contributed by atoms with van der Waals surface area (Å²) in [5.41, 5.74) is 10.0. The minimum atomic E-state index is -0.430. The van der Waals surface area contributed by atoms with Gasteiger partial charge in [0.2, 0.25) is 5.91 Å². The van der Waals surface area contributed by atoms with Crippen molar-refractivity contribution < 1.29 is 9.72 Å². The summed E-state index contributed by atoms with van der Waals surface area (Å²) in [5, 5.41) is 14.9. The fourth-order valence-electron chi connectivity index (χ4n) is 3.47. The molecule has 0 radical (unpaired) electrons. The van der Waals surface area contributed by atoms with Crippen molar-refractivity contribution in [1.29, 1.82) is 0 Å².